The Morgan fingerprint density at radius 1 is 1.17 bits per heavy atom. The second-order valence-corrected chi connectivity index (χ2v) is 9.50. The van der Waals surface area contributed by atoms with E-state index in [0.717, 1.165) is 40.9 Å². The van der Waals surface area contributed by atoms with Crippen LogP contribution in [0.15, 0.2) is 52.3 Å². The van der Waals surface area contributed by atoms with Crippen LogP contribution in [0.3, 0.4) is 0 Å². The molecule has 0 spiro atoms. The van der Waals surface area contributed by atoms with E-state index in [0.29, 0.717) is 5.69 Å². The molecule has 0 atom stereocenters. The molecule has 2 aromatic carbocycles. The molecule has 35 heavy (non-hydrogen) atoms. The number of rotatable bonds is 11. The van der Waals surface area contributed by atoms with Gasteiger partial charge >= 0.3 is 5.97 Å². The zero-order valence-corrected chi connectivity index (χ0v) is 20.2. The smallest absolute Gasteiger partial charge is 0.321 e. The van der Waals surface area contributed by atoms with Crippen LogP contribution < -0.4 is 10.0 Å². The van der Waals surface area contributed by atoms with Crippen LogP contribution in [0.2, 0.25) is 0 Å². The Hall–Kier alpha value is -3.56. The molecule has 188 valence electrons. The molecule has 0 fully saturated rings. The number of nitrogens with zero attached hydrogens (tertiary/aromatic N) is 2. The first-order valence-electron chi connectivity index (χ1n) is 9.70. The molecule has 0 radical (unpaired) electrons. The van der Waals surface area contributed by atoms with Crippen molar-refractivity contribution in [3.8, 4) is 0 Å². The number of nitrogens with one attached hydrogen (secondary N) is 2. The number of ether oxygens (including phenoxy) is 1. The van der Waals surface area contributed by atoms with Gasteiger partial charge in [0, 0.05) is 18.8 Å². The maximum absolute atomic E-state index is 12.9. The summed E-state index contributed by atoms with van der Waals surface area (Å²) in [6.45, 7) is -1.97. The highest BCUT2D eigenvalue weighted by atomic mass is 32.2. The number of carbonyl (C=O) groups is 3. The molecule has 0 aliphatic rings. The zero-order chi connectivity index (χ0) is 26.2. The maximum Gasteiger partial charge on any atom is 0.321 e. The number of halogens is 1. The summed E-state index contributed by atoms with van der Waals surface area (Å²) in [5.74, 6) is -2.87. The van der Waals surface area contributed by atoms with Crippen molar-refractivity contribution in [3.05, 3.63) is 58.4 Å². The number of benzene rings is 2. The molecule has 0 aromatic heterocycles. The average molecular weight is 529 g/mol. The van der Waals surface area contributed by atoms with Crippen molar-refractivity contribution < 1.29 is 36.9 Å². The maximum atomic E-state index is 12.9. The van der Waals surface area contributed by atoms with Crippen LogP contribution in [0.1, 0.15) is 0 Å². The third-order valence-electron chi connectivity index (χ3n) is 4.35. The Labute approximate surface area is 204 Å². The van der Waals surface area contributed by atoms with E-state index in [-0.39, 0.29) is 11.4 Å². The highest BCUT2D eigenvalue weighted by molar-refractivity contribution is 7.98. The van der Waals surface area contributed by atoms with E-state index in [1.165, 1.54) is 25.2 Å². The Morgan fingerprint density at radius 3 is 2.43 bits per heavy atom. The molecule has 2 aromatic rings. The van der Waals surface area contributed by atoms with E-state index < -0.39 is 62.3 Å². The van der Waals surface area contributed by atoms with E-state index in [2.05, 4.69) is 5.32 Å². The third-order valence-corrected chi connectivity index (χ3v) is 6.54. The lowest BCUT2D eigenvalue weighted by Crippen LogP contribution is -2.38. The predicted octanol–water partition coefficient (Wildman–Crippen LogP) is 1.37. The van der Waals surface area contributed by atoms with Crippen LogP contribution in [0.4, 0.5) is 15.8 Å². The van der Waals surface area contributed by atoms with Gasteiger partial charge in [0.05, 0.1) is 21.3 Å². The van der Waals surface area contributed by atoms with Gasteiger partial charge in [-0.05, 0) is 42.7 Å². The lowest BCUT2D eigenvalue weighted by Gasteiger charge is -2.17. The third kappa shape index (κ3) is 8.31. The number of esters is 1. The van der Waals surface area contributed by atoms with Crippen LogP contribution in [-0.2, 0) is 29.1 Å². The fourth-order valence-corrected chi connectivity index (χ4v) is 4.09. The average Bonchev–Trinajstić information content (AvgIpc) is 2.82. The molecule has 2 rings (SSSR count). The van der Waals surface area contributed by atoms with Gasteiger partial charge in [-0.3, -0.25) is 24.5 Å². The van der Waals surface area contributed by atoms with Gasteiger partial charge in [-0.1, -0.05) is 0 Å². The molecule has 0 bridgehead atoms. The quantitative estimate of drug-likeness (QED) is 0.190. The van der Waals surface area contributed by atoms with Crippen molar-refractivity contribution in [2.24, 2.45) is 0 Å². The molecule has 0 unspecified atom stereocenters. The van der Waals surface area contributed by atoms with Crippen molar-refractivity contribution in [1.29, 1.82) is 0 Å². The van der Waals surface area contributed by atoms with Crippen LogP contribution in [-0.4, -0.2) is 69.0 Å². The fraction of sp³-hybridized carbons (Fsp3) is 0.250. The number of nitro groups is 1. The number of nitro benzene ring substituents is 1. The summed E-state index contributed by atoms with van der Waals surface area (Å²) in [5.41, 5.74) is -0.0792. The normalized spacial score (nSPS) is 10.9. The molecule has 12 nitrogen and oxygen atoms in total. The lowest BCUT2D eigenvalue weighted by atomic mass is 10.3. The van der Waals surface area contributed by atoms with Crippen LogP contribution in [0, 0.1) is 15.9 Å². The second-order valence-electron chi connectivity index (χ2n) is 6.88. The first-order valence-corrected chi connectivity index (χ1v) is 12.4. The fourth-order valence-electron chi connectivity index (χ4n) is 2.56. The monoisotopic (exact) mass is 528 g/mol. The summed E-state index contributed by atoms with van der Waals surface area (Å²) in [4.78, 5) is 47.2. The van der Waals surface area contributed by atoms with Crippen molar-refractivity contribution in [2.75, 3.05) is 38.3 Å². The summed E-state index contributed by atoms with van der Waals surface area (Å²) < 4.78 is 44.3. The first kappa shape index (κ1) is 27.7. The molecule has 0 heterocycles. The number of likely N-dealkylation sites (N-methyl/N-ethyl adjacent to an activating group) is 1. The van der Waals surface area contributed by atoms with Crippen molar-refractivity contribution in [2.45, 2.75) is 9.79 Å². The van der Waals surface area contributed by atoms with Crippen molar-refractivity contribution in [3.63, 3.8) is 0 Å². The highest BCUT2D eigenvalue weighted by Gasteiger charge is 2.22. The van der Waals surface area contributed by atoms with Crippen LogP contribution >= 0.6 is 11.8 Å². The van der Waals surface area contributed by atoms with E-state index >= 15 is 0 Å². The van der Waals surface area contributed by atoms with E-state index in [9.17, 15) is 37.3 Å². The summed E-state index contributed by atoms with van der Waals surface area (Å²) >= 11 is 1.07. The van der Waals surface area contributed by atoms with Gasteiger partial charge in [0.1, 0.15) is 12.4 Å². The number of sulfonamides is 1. The van der Waals surface area contributed by atoms with Gasteiger partial charge in [-0.15, -0.1) is 11.8 Å². The summed E-state index contributed by atoms with van der Waals surface area (Å²) in [6.07, 6.45) is 1.60. The van der Waals surface area contributed by atoms with E-state index in [1.54, 1.807) is 6.26 Å². The molecule has 0 saturated carbocycles. The SMILES string of the molecule is CSc1ccc(S(=O)(=O)NCC(=O)OCC(=O)N(C)CC(=O)Nc2ccc(F)cc2)cc1[N+](=O)[O-]. The molecule has 0 aliphatic carbocycles. The van der Waals surface area contributed by atoms with E-state index in [4.69, 9.17) is 4.74 Å². The molecular weight excluding hydrogens is 507 g/mol. The number of hydrogen-bond acceptors (Lipinski definition) is 9. The number of carbonyl (C=O) groups excluding carboxylic acids is 3. The highest BCUT2D eigenvalue weighted by Crippen LogP contribution is 2.29. The summed E-state index contributed by atoms with van der Waals surface area (Å²) in [6, 6.07) is 8.28. The summed E-state index contributed by atoms with van der Waals surface area (Å²) in [5, 5.41) is 13.6. The number of amides is 2. The van der Waals surface area contributed by atoms with Crippen LogP contribution in [0.25, 0.3) is 0 Å². The molecule has 0 saturated heterocycles. The van der Waals surface area contributed by atoms with Gasteiger partial charge in [0.2, 0.25) is 15.9 Å². The Kier molecular flexibility index (Phi) is 9.68. The topological polar surface area (TPSA) is 165 Å². The number of anilines is 1. The number of thioether (sulfide) groups is 1. The molecule has 2 amide bonds. The van der Waals surface area contributed by atoms with Crippen LogP contribution in [0.5, 0.6) is 0 Å². The Balaban J connectivity index is 1.83. The van der Waals surface area contributed by atoms with Crippen molar-refractivity contribution in [1.82, 2.24) is 9.62 Å². The van der Waals surface area contributed by atoms with Gasteiger partial charge in [-0.2, -0.15) is 4.72 Å². The molecule has 15 heteroatoms. The largest absolute Gasteiger partial charge is 0.455 e. The van der Waals surface area contributed by atoms with Gasteiger partial charge in [0.15, 0.2) is 6.61 Å². The van der Waals surface area contributed by atoms with E-state index in [1.807, 2.05) is 4.72 Å². The summed E-state index contributed by atoms with van der Waals surface area (Å²) in [7, 11) is -2.99. The Morgan fingerprint density at radius 2 is 1.83 bits per heavy atom. The predicted molar refractivity (Wildman–Crippen MR) is 124 cm³/mol. The molecular formula is C20H21FN4O8S2. The standard InChI is InChI=1S/C20H21FN4O8S2/c1-24(11-18(26)23-14-5-3-13(21)4-6-14)19(27)12-33-20(28)10-22-35(31,32)15-7-8-17(34-2)16(9-15)25(29)30/h3-9,22H,10-12H2,1-2H3,(H,23,26). The lowest BCUT2D eigenvalue weighted by molar-refractivity contribution is -0.388. The Bertz CT molecular complexity index is 1220. The second kappa shape index (κ2) is 12.2. The minimum atomic E-state index is -4.28. The zero-order valence-electron chi connectivity index (χ0n) is 18.5. The number of hydrogen-bond donors (Lipinski definition) is 2. The van der Waals surface area contributed by atoms with Gasteiger partial charge in [0.25, 0.3) is 11.6 Å². The van der Waals surface area contributed by atoms with Crippen molar-refractivity contribution >= 4 is 50.9 Å². The molecule has 0 aliphatic heterocycles. The first-order chi connectivity index (χ1) is 16.4. The minimum absolute atomic E-state index is 0.266. The minimum Gasteiger partial charge on any atom is -0.455 e. The molecule has 2 N–H and O–H groups in total. The van der Waals surface area contributed by atoms with Gasteiger partial charge < -0.3 is 15.0 Å². The van der Waals surface area contributed by atoms with Gasteiger partial charge in [-0.25, -0.2) is 12.8 Å².